The number of benzene rings is 1. The van der Waals surface area contributed by atoms with Gasteiger partial charge in [0.05, 0.1) is 6.10 Å². The largest absolute Gasteiger partial charge is 0.388 e. The van der Waals surface area contributed by atoms with E-state index in [9.17, 15) is 5.11 Å². The van der Waals surface area contributed by atoms with Gasteiger partial charge in [-0.25, -0.2) is 0 Å². The molecule has 0 aliphatic heterocycles. The Hall–Kier alpha value is -0.530. The predicted octanol–water partition coefficient (Wildman–Crippen LogP) is 3.48. The molecule has 0 radical (unpaired) electrons. The fourth-order valence-electron chi connectivity index (χ4n) is 1.40. The fraction of sp³-hybridized carbons (Fsp3) is 0.455. The van der Waals surface area contributed by atoms with Crippen LogP contribution in [0.5, 0.6) is 0 Å². The van der Waals surface area contributed by atoms with E-state index in [4.69, 9.17) is 11.6 Å². The van der Waals surface area contributed by atoms with Gasteiger partial charge in [0.1, 0.15) is 0 Å². The van der Waals surface area contributed by atoms with Gasteiger partial charge in [-0.1, -0.05) is 31.0 Å². The summed E-state index contributed by atoms with van der Waals surface area (Å²) < 4.78 is 0. The average molecular weight is 199 g/mol. The minimum atomic E-state index is -0.372. The standard InChI is InChI=1S/C11H15ClO/c1-3-4-11(13)10-7-9(12)6-5-8(10)2/h5-7,11,13H,3-4H2,1-2H3/t11-/m1/s1. The monoisotopic (exact) mass is 198 g/mol. The number of aliphatic hydroxyl groups is 1. The molecule has 0 saturated heterocycles. The summed E-state index contributed by atoms with van der Waals surface area (Å²) in [4.78, 5) is 0. The third kappa shape index (κ3) is 2.71. The van der Waals surface area contributed by atoms with Gasteiger partial charge in [-0.3, -0.25) is 0 Å². The summed E-state index contributed by atoms with van der Waals surface area (Å²) in [5.74, 6) is 0. The molecule has 72 valence electrons. The highest BCUT2D eigenvalue weighted by Gasteiger charge is 2.09. The molecule has 0 amide bonds. The highest BCUT2D eigenvalue weighted by Crippen LogP contribution is 2.24. The quantitative estimate of drug-likeness (QED) is 0.789. The van der Waals surface area contributed by atoms with E-state index in [1.165, 1.54) is 0 Å². The predicted molar refractivity (Wildman–Crippen MR) is 56.1 cm³/mol. The molecule has 0 unspecified atom stereocenters. The molecule has 0 bridgehead atoms. The third-order valence-corrected chi connectivity index (χ3v) is 2.40. The second-order valence-electron chi connectivity index (χ2n) is 3.31. The SMILES string of the molecule is CCC[C@@H](O)c1cc(Cl)ccc1C. The van der Waals surface area contributed by atoms with Crippen molar-refractivity contribution in [1.29, 1.82) is 0 Å². The molecule has 0 aliphatic carbocycles. The first kappa shape index (κ1) is 10.6. The summed E-state index contributed by atoms with van der Waals surface area (Å²) in [6, 6.07) is 5.63. The summed E-state index contributed by atoms with van der Waals surface area (Å²) >= 11 is 5.85. The van der Waals surface area contributed by atoms with Crippen LogP contribution < -0.4 is 0 Å². The lowest BCUT2D eigenvalue weighted by atomic mass is 10.0. The van der Waals surface area contributed by atoms with E-state index in [0.717, 1.165) is 24.0 Å². The second-order valence-corrected chi connectivity index (χ2v) is 3.74. The van der Waals surface area contributed by atoms with E-state index < -0.39 is 0 Å². The number of hydrogen-bond acceptors (Lipinski definition) is 1. The van der Waals surface area contributed by atoms with Crippen LogP contribution in [-0.4, -0.2) is 5.11 Å². The smallest absolute Gasteiger partial charge is 0.0793 e. The van der Waals surface area contributed by atoms with Crippen molar-refractivity contribution < 1.29 is 5.11 Å². The van der Waals surface area contributed by atoms with Gasteiger partial charge in [0, 0.05) is 5.02 Å². The maximum atomic E-state index is 9.77. The summed E-state index contributed by atoms with van der Waals surface area (Å²) in [7, 11) is 0. The lowest BCUT2D eigenvalue weighted by Gasteiger charge is -2.12. The highest BCUT2D eigenvalue weighted by atomic mass is 35.5. The lowest BCUT2D eigenvalue weighted by molar-refractivity contribution is 0.166. The Labute approximate surface area is 84.4 Å². The summed E-state index contributed by atoms with van der Waals surface area (Å²) in [5, 5.41) is 10.5. The van der Waals surface area contributed by atoms with Crippen molar-refractivity contribution in [3.05, 3.63) is 34.3 Å². The molecule has 1 atom stereocenters. The van der Waals surface area contributed by atoms with E-state index in [0.29, 0.717) is 5.02 Å². The van der Waals surface area contributed by atoms with E-state index in [2.05, 4.69) is 6.92 Å². The molecule has 1 nitrogen and oxygen atoms in total. The molecule has 0 heterocycles. The zero-order chi connectivity index (χ0) is 9.84. The summed E-state index contributed by atoms with van der Waals surface area (Å²) in [6.45, 7) is 4.05. The first-order chi connectivity index (χ1) is 6.15. The number of aliphatic hydroxyl groups excluding tert-OH is 1. The Bertz CT molecular complexity index is 283. The maximum Gasteiger partial charge on any atom is 0.0793 e. The van der Waals surface area contributed by atoms with Crippen LogP contribution in [0, 0.1) is 6.92 Å². The van der Waals surface area contributed by atoms with Crippen LogP contribution >= 0.6 is 11.6 Å². The molecular weight excluding hydrogens is 184 g/mol. The normalized spacial score (nSPS) is 12.9. The number of rotatable bonds is 3. The molecule has 13 heavy (non-hydrogen) atoms. The zero-order valence-corrected chi connectivity index (χ0v) is 8.80. The van der Waals surface area contributed by atoms with E-state index in [1.807, 2.05) is 25.1 Å². The van der Waals surface area contributed by atoms with Gasteiger partial charge in [0.15, 0.2) is 0 Å². The van der Waals surface area contributed by atoms with E-state index >= 15 is 0 Å². The van der Waals surface area contributed by atoms with Gasteiger partial charge in [-0.2, -0.15) is 0 Å². The second kappa shape index (κ2) is 4.64. The maximum absolute atomic E-state index is 9.77. The molecule has 1 aromatic rings. The first-order valence-corrected chi connectivity index (χ1v) is 4.97. The van der Waals surface area contributed by atoms with Crippen molar-refractivity contribution in [3.8, 4) is 0 Å². The summed E-state index contributed by atoms with van der Waals surface area (Å²) in [6.07, 6.45) is 1.40. The first-order valence-electron chi connectivity index (χ1n) is 4.59. The Kier molecular flexibility index (Phi) is 3.76. The molecule has 1 aromatic carbocycles. The van der Waals surface area contributed by atoms with Crippen molar-refractivity contribution in [2.45, 2.75) is 32.8 Å². The van der Waals surface area contributed by atoms with Crippen LogP contribution in [0.25, 0.3) is 0 Å². The Balaban J connectivity index is 2.91. The summed E-state index contributed by atoms with van der Waals surface area (Å²) in [5.41, 5.74) is 2.06. The molecular formula is C11H15ClO. The topological polar surface area (TPSA) is 20.2 Å². The molecule has 0 aliphatic rings. The minimum Gasteiger partial charge on any atom is -0.388 e. The van der Waals surface area contributed by atoms with Gasteiger partial charge >= 0.3 is 0 Å². The molecule has 0 fully saturated rings. The Morgan fingerprint density at radius 2 is 2.15 bits per heavy atom. The Morgan fingerprint density at radius 1 is 1.46 bits per heavy atom. The van der Waals surface area contributed by atoms with Crippen molar-refractivity contribution in [1.82, 2.24) is 0 Å². The van der Waals surface area contributed by atoms with Gasteiger partial charge in [-0.05, 0) is 36.6 Å². The molecule has 0 spiro atoms. The molecule has 0 saturated carbocycles. The molecule has 2 heteroatoms. The van der Waals surface area contributed by atoms with Crippen molar-refractivity contribution in [2.75, 3.05) is 0 Å². The van der Waals surface area contributed by atoms with Crippen molar-refractivity contribution in [3.63, 3.8) is 0 Å². The highest BCUT2D eigenvalue weighted by molar-refractivity contribution is 6.30. The molecule has 0 aromatic heterocycles. The van der Waals surface area contributed by atoms with Gasteiger partial charge < -0.3 is 5.11 Å². The number of hydrogen-bond donors (Lipinski definition) is 1. The average Bonchev–Trinajstić information content (AvgIpc) is 2.09. The van der Waals surface area contributed by atoms with E-state index in [1.54, 1.807) is 0 Å². The van der Waals surface area contributed by atoms with Crippen LogP contribution in [0.4, 0.5) is 0 Å². The van der Waals surface area contributed by atoms with Crippen LogP contribution in [0.15, 0.2) is 18.2 Å². The van der Waals surface area contributed by atoms with Gasteiger partial charge in [0.25, 0.3) is 0 Å². The van der Waals surface area contributed by atoms with Crippen molar-refractivity contribution in [2.24, 2.45) is 0 Å². The molecule has 1 rings (SSSR count). The zero-order valence-electron chi connectivity index (χ0n) is 8.05. The van der Waals surface area contributed by atoms with Crippen LogP contribution in [0.3, 0.4) is 0 Å². The minimum absolute atomic E-state index is 0.372. The van der Waals surface area contributed by atoms with Gasteiger partial charge in [-0.15, -0.1) is 0 Å². The molecule has 1 N–H and O–H groups in total. The number of aryl methyl sites for hydroxylation is 1. The van der Waals surface area contributed by atoms with Gasteiger partial charge in [0.2, 0.25) is 0 Å². The van der Waals surface area contributed by atoms with Crippen LogP contribution in [0.2, 0.25) is 5.02 Å². The number of halogens is 1. The van der Waals surface area contributed by atoms with Crippen molar-refractivity contribution >= 4 is 11.6 Å². The fourth-order valence-corrected chi connectivity index (χ4v) is 1.58. The van der Waals surface area contributed by atoms with Crippen LogP contribution in [0.1, 0.15) is 37.0 Å². The van der Waals surface area contributed by atoms with E-state index in [-0.39, 0.29) is 6.10 Å². The lowest BCUT2D eigenvalue weighted by Crippen LogP contribution is -1.99. The van der Waals surface area contributed by atoms with Crippen LogP contribution in [-0.2, 0) is 0 Å². The third-order valence-electron chi connectivity index (χ3n) is 2.16. The Morgan fingerprint density at radius 3 is 2.77 bits per heavy atom.